The second-order valence-corrected chi connectivity index (χ2v) is 6.81. The Morgan fingerprint density at radius 1 is 1.14 bits per heavy atom. The third-order valence-corrected chi connectivity index (χ3v) is 4.60. The molecule has 0 amide bonds. The number of nitriles is 1. The van der Waals surface area contributed by atoms with Crippen molar-refractivity contribution in [3.05, 3.63) is 94.5 Å². The Morgan fingerprint density at radius 3 is 2.72 bits per heavy atom. The van der Waals surface area contributed by atoms with Gasteiger partial charge in [-0.15, -0.1) is 0 Å². The molecule has 0 fully saturated rings. The van der Waals surface area contributed by atoms with E-state index in [1.54, 1.807) is 12.1 Å². The smallest absolute Gasteiger partial charge is 0.149 e. The van der Waals surface area contributed by atoms with E-state index in [2.05, 4.69) is 16.0 Å². The molecule has 0 spiro atoms. The first-order valence-corrected chi connectivity index (χ1v) is 9.24. The van der Waals surface area contributed by atoms with Crippen LogP contribution in [0.5, 0.6) is 5.75 Å². The van der Waals surface area contributed by atoms with Gasteiger partial charge in [0.15, 0.2) is 0 Å². The summed E-state index contributed by atoms with van der Waals surface area (Å²) in [5.74, 6) is 0.647. The van der Waals surface area contributed by atoms with Crippen LogP contribution in [0.25, 0.3) is 22.7 Å². The van der Waals surface area contributed by atoms with Gasteiger partial charge in [-0.3, -0.25) is 0 Å². The quantitative estimate of drug-likeness (QED) is 0.416. The average molecular weight is 404 g/mol. The number of ether oxygens (including phenoxy) is 1. The van der Waals surface area contributed by atoms with Gasteiger partial charge >= 0.3 is 0 Å². The minimum Gasteiger partial charge on any atom is -0.488 e. The van der Waals surface area contributed by atoms with Crippen LogP contribution in [-0.4, -0.2) is 9.97 Å². The van der Waals surface area contributed by atoms with Gasteiger partial charge in [-0.1, -0.05) is 41.9 Å². The molecule has 1 aromatic heterocycles. The Bertz CT molecular complexity index is 1240. The standard InChI is InChI=1S/C23H15ClFN3O/c24-18-7-5-15(6-8-18)14-29-22-4-2-1-3-16(22)11-17(13-26)23-27-20-10-9-19(25)12-21(20)28-23/h1-12H,14H2,(H,27,28)/b17-11-. The van der Waals surface area contributed by atoms with E-state index in [1.807, 2.05) is 48.5 Å². The van der Waals surface area contributed by atoms with Crippen LogP contribution < -0.4 is 4.74 Å². The van der Waals surface area contributed by atoms with Crippen molar-refractivity contribution >= 4 is 34.3 Å². The number of aromatic amines is 1. The molecule has 0 saturated carbocycles. The van der Waals surface area contributed by atoms with Crippen molar-refractivity contribution in [3.8, 4) is 11.8 Å². The molecule has 1 N–H and O–H groups in total. The summed E-state index contributed by atoms with van der Waals surface area (Å²) < 4.78 is 19.4. The van der Waals surface area contributed by atoms with E-state index >= 15 is 0 Å². The average Bonchev–Trinajstić information content (AvgIpc) is 3.15. The summed E-state index contributed by atoms with van der Waals surface area (Å²) in [4.78, 5) is 7.38. The number of fused-ring (bicyclic) bond motifs is 1. The molecular formula is C23H15ClFN3O. The molecule has 0 radical (unpaired) electrons. The maximum atomic E-state index is 13.4. The molecule has 0 aliphatic carbocycles. The zero-order valence-electron chi connectivity index (χ0n) is 15.2. The van der Waals surface area contributed by atoms with E-state index in [4.69, 9.17) is 16.3 Å². The third-order valence-electron chi connectivity index (χ3n) is 4.35. The Labute approximate surface area is 171 Å². The summed E-state index contributed by atoms with van der Waals surface area (Å²) in [6, 6.07) is 21.3. The fourth-order valence-electron chi connectivity index (χ4n) is 2.89. The number of halogens is 2. The second kappa shape index (κ2) is 8.17. The van der Waals surface area contributed by atoms with Gasteiger partial charge in [0.05, 0.1) is 16.6 Å². The van der Waals surface area contributed by atoms with Crippen molar-refractivity contribution in [3.63, 3.8) is 0 Å². The molecule has 0 unspecified atom stereocenters. The third kappa shape index (κ3) is 4.29. The Morgan fingerprint density at radius 2 is 1.93 bits per heavy atom. The summed E-state index contributed by atoms with van der Waals surface area (Å²) in [6.45, 7) is 0.369. The highest BCUT2D eigenvalue weighted by atomic mass is 35.5. The molecule has 29 heavy (non-hydrogen) atoms. The van der Waals surface area contributed by atoms with Crippen molar-refractivity contribution in [2.75, 3.05) is 0 Å². The number of nitrogens with zero attached hydrogens (tertiary/aromatic N) is 2. The van der Waals surface area contributed by atoms with Crippen molar-refractivity contribution < 1.29 is 9.13 Å². The molecule has 0 saturated heterocycles. The molecule has 6 heteroatoms. The molecule has 0 bridgehead atoms. The number of imidazole rings is 1. The monoisotopic (exact) mass is 403 g/mol. The summed E-state index contributed by atoms with van der Waals surface area (Å²) >= 11 is 5.91. The predicted molar refractivity (Wildman–Crippen MR) is 112 cm³/mol. The topological polar surface area (TPSA) is 61.7 Å². The van der Waals surface area contributed by atoms with E-state index in [0.29, 0.717) is 39.8 Å². The number of allylic oxidation sites excluding steroid dienone is 1. The first kappa shape index (κ1) is 18.7. The normalized spacial score (nSPS) is 11.4. The number of nitrogens with one attached hydrogen (secondary N) is 1. The molecule has 0 atom stereocenters. The van der Waals surface area contributed by atoms with Crippen LogP contribution in [-0.2, 0) is 6.61 Å². The predicted octanol–water partition coefficient (Wildman–Crippen LogP) is 6.00. The number of para-hydroxylation sites is 1. The van der Waals surface area contributed by atoms with E-state index in [1.165, 1.54) is 12.1 Å². The molecule has 4 aromatic rings. The second-order valence-electron chi connectivity index (χ2n) is 6.37. The lowest BCUT2D eigenvalue weighted by atomic mass is 10.1. The zero-order chi connectivity index (χ0) is 20.2. The number of hydrogen-bond acceptors (Lipinski definition) is 3. The lowest BCUT2D eigenvalue weighted by molar-refractivity contribution is 0.305. The number of rotatable bonds is 5. The van der Waals surface area contributed by atoms with Gasteiger partial charge in [0.1, 0.15) is 30.1 Å². The molecular weight excluding hydrogens is 389 g/mol. The number of benzene rings is 3. The van der Waals surface area contributed by atoms with E-state index in [-0.39, 0.29) is 5.82 Å². The van der Waals surface area contributed by atoms with Gasteiger partial charge in [-0.25, -0.2) is 9.37 Å². The zero-order valence-corrected chi connectivity index (χ0v) is 15.9. The van der Waals surface area contributed by atoms with Gasteiger partial charge in [0, 0.05) is 10.6 Å². The fourth-order valence-corrected chi connectivity index (χ4v) is 3.02. The Balaban J connectivity index is 1.63. The highest BCUT2D eigenvalue weighted by molar-refractivity contribution is 6.30. The van der Waals surface area contributed by atoms with Crippen LogP contribution in [0.3, 0.4) is 0 Å². The van der Waals surface area contributed by atoms with Gasteiger partial charge in [-0.2, -0.15) is 5.26 Å². The number of H-pyrrole nitrogens is 1. The van der Waals surface area contributed by atoms with Crippen LogP contribution >= 0.6 is 11.6 Å². The molecule has 1 heterocycles. The SMILES string of the molecule is N#C/C(=C/c1ccccc1OCc1ccc(Cl)cc1)c1nc2ccc(F)cc2[nH]1. The summed E-state index contributed by atoms with van der Waals surface area (Å²) in [6.07, 6.45) is 1.70. The van der Waals surface area contributed by atoms with Gasteiger partial charge in [0.25, 0.3) is 0 Å². The van der Waals surface area contributed by atoms with E-state index in [0.717, 1.165) is 11.1 Å². The minimum atomic E-state index is -0.365. The lowest BCUT2D eigenvalue weighted by Crippen LogP contribution is -1.97. The molecule has 4 rings (SSSR count). The van der Waals surface area contributed by atoms with Gasteiger partial charge in [0.2, 0.25) is 0 Å². The van der Waals surface area contributed by atoms with Crippen LogP contribution in [0, 0.1) is 17.1 Å². The van der Waals surface area contributed by atoms with Gasteiger partial charge < -0.3 is 9.72 Å². The molecule has 0 aliphatic heterocycles. The molecule has 0 aliphatic rings. The van der Waals surface area contributed by atoms with Crippen LogP contribution in [0.4, 0.5) is 4.39 Å². The highest BCUT2D eigenvalue weighted by Gasteiger charge is 2.10. The minimum absolute atomic E-state index is 0.323. The molecule has 3 aromatic carbocycles. The van der Waals surface area contributed by atoms with Crippen molar-refractivity contribution in [2.45, 2.75) is 6.61 Å². The summed E-state index contributed by atoms with van der Waals surface area (Å²) in [7, 11) is 0. The fraction of sp³-hybridized carbons (Fsp3) is 0.0435. The molecule has 142 valence electrons. The van der Waals surface area contributed by atoms with Crippen LogP contribution in [0.15, 0.2) is 66.7 Å². The van der Waals surface area contributed by atoms with Crippen molar-refractivity contribution in [2.24, 2.45) is 0 Å². The van der Waals surface area contributed by atoms with Gasteiger partial charge in [-0.05, 0) is 48.0 Å². The maximum Gasteiger partial charge on any atom is 0.149 e. The van der Waals surface area contributed by atoms with Crippen molar-refractivity contribution in [1.82, 2.24) is 9.97 Å². The Hall–Kier alpha value is -3.62. The first-order valence-electron chi connectivity index (χ1n) is 8.86. The summed E-state index contributed by atoms with van der Waals surface area (Å²) in [5.41, 5.74) is 3.17. The van der Waals surface area contributed by atoms with Crippen LogP contribution in [0.1, 0.15) is 17.0 Å². The van der Waals surface area contributed by atoms with E-state index in [9.17, 15) is 9.65 Å². The first-order chi connectivity index (χ1) is 14.1. The van der Waals surface area contributed by atoms with E-state index < -0.39 is 0 Å². The summed E-state index contributed by atoms with van der Waals surface area (Å²) in [5, 5.41) is 10.3. The number of aromatic nitrogens is 2. The van der Waals surface area contributed by atoms with Crippen LogP contribution in [0.2, 0.25) is 5.02 Å². The van der Waals surface area contributed by atoms with Crippen molar-refractivity contribution in [1.29, 1.82) is 5.26 Å². The molecule has 4 nitrogen and oxygen atoms in total. The highest BCUT2D eigenvalue weighted by Crippen LogP contribution is 2.26. The number of hydrogen-bond donors (Lipinski definition) is 1. The maximum absolute atomic E-state index is 13.4. The Kier molecular flexibility index (Phi) is 5.28. The lowest BCUT2D eigenvalue weighted by Gasteiger charge is -2.09. The largest absolute Gasteiger partial charge is 0.488 e.